The Morgan fingerprint density at radius 2 is 1.88 bits per heavy atom. The van der Waals surface area contributed by atoms with Gasteiger partial charge in [-0.05, 0) is 30.3 Å². The summed E-state index contributed by atoms with van der Waals surface area (Å²) in [6.07, 6.45) is -0.212. The lowest BCUT2D eigenvalue weighted by Gasteiger charge is -2.23. The number of rotatable bonds is 5. The van der Waals surface area contributed by atoms with Gasteiger partial charge in [0.05, 0.1) is 17.4 Å². The van der Waals surface area contributed by atoms with Gasteiger partial charge < -0.3 is 10.1 Å². The molecule has 8 heteroatoms. The van der Waals surface area contributed by atoms with Gasteiger partial charge in [0.2, 0.25) is 5.91 Å². The van der Waals surface area contributed by atoms with E-state index in [1.807, 2.05) is 12.1 Å². The van der Waals surface area contributed by atoms with Gasteiger partial charge in [-0.1, -0.05) is 12.1 Å². The van der Waals surface area contributed by atoms with E-state index in [1.165, 1.54) is 11.8 Å². The van der Waals surface area contributed by atoms with Gasteiger partial charge in [-0.2, -0.15) is 0 Å². The van der Waals surface area contributed by atoms with Crippen LogP contribution >= 0.6 is 11.8 Å². The number of benzene rings is 2. The maximum atomic E-state index is 13.1. The maximum absolute atomic E-state index is 13.1. The lowest BCUT2D eigenvalue weighted by Crippen LogP contribution is -2.31. The molecule has 0 spiro atoms. The molecular weight excluding hydrogens is 364 g/mol. The van der Waals surface area contributed by atoms with Gasteiger partial charge in [-0.3, -0.25) is 14.4 Å². The second-order valence-electron chi connectivity index (χ2n) is 5.51. The number of hydrogen-bond acceptors (Lipinski definition) is 5. The Hall–Kier alpha value is -2.74. The summed E-state index contributed by atoms with van der Waals surface area (Å²) in [5.74, 6) is -3.94. The second kappa shape index (κ2) is 7.65. The van der Waals surface area contributed by atoms with E-state index < -0.39 is 35.2 Å². The van der Waals surface area contributed by atoms with Gasteiger partial charge >= 0.3 is 5.97 Å². The number of para-hydroxylation sites is 1. The third-order valence-electron chi connectivity index (χ3n) is 3.66. The molecule has 2 aromatic rings. The van der Waals surface area contributed by atoms with E-state index >= 15 is 0 Å². The Bertz CT molecular complexity index is 887. The van der Waals surface area contributed by atoms with Crippen LogP contribution in [0.2, 0.25) is 0 Å². The van der Waals surface area contributed by atoms with Crippen molar-refractivity contribution in [3.05, 3.63) is 59.7 Å². The van der Waals surface area contributed by atoms with Gasteiger partial charge in [0.1, 0.15) is 0 Å². The molecule has 1 aliphatic heterocycles. The predicted molar refractivity (Wildman–Crippen MR) is 91.0 cm³/mol. The Balaban J connectivity index is 1.55. The normalized spacial score (nSPS) is 15.8. The number of ketones is 1. The van der Waals surface area contributed by atoms with Crippen LogP contribution in [0.5, 0.6) is 0 Å². The number of fused-ring (bicyclic) bond motifs is 1. The molecule has 0 bridgehead atoms. The minimum atomic E-state index is -1.16. The van der Waals surface area contributed by atoms with Crippen LogP contribution in [-0.2, 0) is 14.3 Å². The minimum absolute atomic E-state index is 0.101. The molecule has 1 atom stereocenters. The van der Waals surface area contributed by atoms with Crippen molar-refractivity contribution >= 4 is 35.1 Å². The van der Waals surface area contributed by atoms with Crippen molar-refractivity contribution in [1.82, 2.24) is 0 Å². The van der Waals surface area contributed by atoms with Gasteiger partial charge in [-0.15, -0.1) is 11.8 Å². The summed E-state index contributed by atoms with van der Waals surface area (Å²) >= 11 is 1.24. The molecule has 1 N–H and O–H groups in total. The third kappa shape index (κ3) is 4.08. The van der Waals surface area contributed by atoms with Crippen LogP contribution < -0.4 is 5.32 Å². The third-order valence-corrected chi connectivity index (χ3v) is 4.94. The lowest BCUT2D eigenvalue weighted by molar-refractivity contribution is -0.143. The predicted octanol–water partition coefficient (Wildman–Crippen LogP) is 3.19. The average molecular weight is 377 g/mol. The standard InChI is InChI=1S/C18H13F2NO4S/c19-11-6-5-10(7-12(11)20)14(22)9-25-17(23)8-16-18(24)21-13-3-1-2-4-15(13)26-16/h1-7,16H,8-9H2,(H,21,24)/t16-/m1/s1. The first-order chi connectivity index (χ1) is 12.4. The second-order valence-corrected chi connectivity index (χ2v) is 6.75. The largest absolute Gasteiger partial charge is 0.457 e. The summed E-state index contributed by atoms with van der Waals surface area (Å²) in [5, 5.41) is 2.04. The van der Waals surface area contributed by atoms with Crippen molar-refractivity contribution in [2.75, 3.05) is 11.9 Å². The summed E-state index contributed by atoms with van der Waals surface area (Å²) < 4.78 is 30.9. The number of hydrogen-bond donors (Lipinski definition) is 1. The number of thioether (sulfide) groups is 1. The van der Waals surface area contributed by atoms with Gasteiger partial charge in [-0.25, -0.2) is 8.78 Å². The van der Waals surface area contributed by atoms with E-state index in [1.54, 1.807) is 12.1 Å². The van der Waals surface area contributed by atoms with Gasteiger partial charge in [0.25, 0.3) is 0 Å². The van der Waals surface area contributed by atoms with Crippen LogP contribution in [0.4, 0.5) is 14.5 Å². The number of carbonyl (C=O) groups excluding carboxylic acids is 3. The molecule has 0 unspecified atom stereocenters. The highest BCUT2D eigenvalue weighted by Crippen LogP contribution is 2.36. The van der Waals surface area contributed by atoms with E-state index in [9.17, 15) is 23.2 Å². The Kier molecular flexibility index (Phi) is 5.32. The summed E-state index contributed by atoms with van der Waals surface area (Å²) in [7, 11) is 0. The van der Waals surface area contributed by atoms with Crippen LogP contribution in [0.3, 0.4) is 0 Å². The molecule has 1 amide bonds. The molecule has 0 fully saturated rings. The molecule has 0 aromatic heterocycles. The number of anilines is 1. The highest BCUT2D eigenvalue weighted by Gasteiger charge is 2.29. The molecule has 0 saturated heterocycles. The molecule has 26 heavy (non-hydrogen) atoms. The summed E-state index contributed by atoms with van der Waals surface area (Å²) in [6.45, 7) is -0.612. The monoisotopic (exact) mass is 377 g/mol. The summed E-state index contributed by atoms with van der Waals surface area (Å²) in [6, 6.07) is 9.87. The van der Waals surface area contributed by atoms with Gasteiger partial charge in [0, 0.05) is 10.5 Å². The van der Waals surface area contributed by atoms with E-state index in [0.717, 1.165) is 23.1 Å². The van der Waals surface area contributed by atoms with Gasteiger partial charge in [0.15, 0.2) is 24.0 Å². The molecule has 1 heterocycles. The first kappa shape index (κ1) is 18.1. The van der Waals surface area contributed by atoms with Crippen molar-refractivity contribution in [2.24, 2.45) is 0 Å². The summed E-state index contributed by atoms with van der Waals surface area (Å²) in [5.41, 5.74) is 0.580. The fourth-order valence-corrected chi connectivity index (χ4v) is 3.43. The SMILES string of the molecule is O=C(C[C@H]1Sc2ccccc2NC1=O)OCC(=O)c1ccc(F)c(F)c1. The average Bonchev–Trinajstić information content (AvgIpc) is 2.62. The number of carbonyl (C=O) groups is 3. The Morgan fingerprint density at radius 3 is 2.65 bits per heavy atom. The smallest absolute Gasteiger partial charge is 0.307 e. The first-order valence-corrected chi connectivity index (χ1v) is 8.52. The molecule has 5 nitrogen and oxygen atoms in total. The number of esters is 1. The van der Waals surface area contributed by atoms with Crippen molar-refractivity contribution in [2.45, 2.75) is 16.6 Å². The van der Waals surface area contributed by atoms with Crippen LogP contribution in [0.15, 0.2) is 47.4 Å². The maximum Gasteiger partial charge on any atom is 0.307 e. The Morgan fingerprint density at radius 1 is 1.12 bits per heavy atom. The molecular formula is C18H13F2NO4S. The summed E-state index contributed by atoms with van der Waals surface area (Å²) in [4.78, 5) is 36.7. The molecule has 3 rings (SSSR count). The quantitative estimate of drug-likeness (QED) is 0.640. The minimum Gasteiger partial charge on any atom is -0.457 e. The van der Waals surface area contributed by atoms with Crippen molar-refractivity contribution in [1.29, 1.82) is 0 Å². The number of amides is 1. The Labute approximate surface area is 151 Å². The van der Waals surface area contributed by atoms with Crippen molar-refractivity contribution in [3.8, 4) is 0 Å². The molecule has 0 saturated carbocycles. The van der Waals surface area contributed by atoms with E-state index in [4.69, 9.17) is 4.74 Å². The van der Waals surface area contributed by atoms with Crippen LogP contribution in [0.25, 0.3) is 0 Å². The lowest BCUT2D eigenvalue weighted by atomic mass is 10.1. The zero-order valence-electron chi connectivity index (χ0n) is 13.3. The van der Waals surface area contributed by atoms with Crippen LogP contribution in [0, 0.1) is 11.6 Å². The van der Waals surface area contributed by atoms with Crippen molar-refractivity contribution < 1.29 is 27.9 Å². The number of nitrogens with one attached hydrogen (secondary N) is 1. The first-order valence-electron chi connectivity index (χ1n) is 7.64. The fraction of sp³-hybridized carbons (Fsp3) is 0.167. The topological polar surface area (TPSA) is 72.5 Å². The number of Topliss-reactive ketones (excluding diaryl/α,β-unsaturated/α-hetero) is 1. The van der Waals surface area contributed by atoms with E-state index in [0.29, 0.717) is 5.69 Å². The van der Waals surface area contributed by atoms with Crippen LogP contribution in [-0.4, -0.2) is 29.5 Å². The number of halogens is 2. The molecule has 134 valence electrons. The number of ether oxygens (including phenoxy) is 1. The highest BCUT2D eigenvalue weighted by molar-refractivity contribution is 8.01. The molecule has 2 aromatic carbocycles. The van der Waals surface area contributed by atoms with Crippen molar-refractivity contribution in [3.63, 3.8) is 0 Å². The fourth-order valence-electron chi connectivity index (χ4n) is 2.34. The zero-order valence-corrected chi connectivity index (χ0v) is 14.1. The van der Waals surface area contributed by atoms with E-state index in [-0.39, 0.29) is 17.9 Å². The van der Waals surface area contributed by atoms with E-state index in [2.05, 4.69) is 5.32 Å². The molecule has 0 aliphatic carbocycles. The molecule has 1 aliphatic rings. The zero-order chi connectivity index (χ0) is 18.7. The highest BCUT2D eigenvalue weighted by atomic mass is 32.2. The molecule has 0 radical (unpaired) electrons. The van der Waals surface area contributed by atoms with Crippen LogP contribution in [0.1, 0.15) is 16.8 Å².